The number of carbonyl (C=O) groups is 1. The minimum Gasteiger partial charge on any atom is -0.493 e. The molecule has 48 heavy (non-hydrogen) atoms. The number of carbonyl (C=O) groups excluding carboxylic acids is 1. The highest BCUT2D eigenvalue weighted by atomic mass is 19.1. The van der Waals surface area contributed by atoms with Crippen molar-refractivity contribution in [1.29, 1.82) is 0 Å². The summed E-state index contributed by atoms with van der Waals surface area (Å²) in [4.78, 5) is 22.7. The molecular weight excluding hydrogens is 613 g/mol. The lowest BCUT2D eigenvalue weighted by atomic mass is 9.94. The van der Waals surface area contributed by atoms with Crippen LogP contribution in [0.15, 0.2) is 60.7 Å². The van der Waals surface area contributed by atoms with Gasteiger partial charge in [-0.15, -0.1) is 0 Å². The second kappa shape index (κ2) is 16.7. The first kappa shape index (κ1) is 35.0. The number of benzene rings is 3. The molecule has 0 radical (unpaired) electrons. The number of ether oxygens (including phenoxy) is 4. The lowest BCUT2D eigenvalue weighted by molar-refractivity contribution is 0.0781. The van der Waals surface area contributed by atoms with Gasteiger partial charge >= 0.3 is 0 Å². The Hall–Kier alpha value is -4.35. The molecule has 1 unspecified atom stereocenters. The number of nitrogens with zero attached hydrogens (tertiary/aromatic N) is 4. The van der Waals surface area contributed by atoms with Crippen molar-refractivity contribution >= 4 is 22.9 Å². The zero-order valence-electron chi connectivity index (χ0n) is 28.7. The van der Waals surface area contributed by atoms with Crippen LogP contribution in [0.1, 0.15) is 48.0 Å². The zero-order valence-corrected chi connectivity index (χ0v) is 28.7. The predicted octanol–water partition coefficient (Wildman–Crippen LogP) is 6.06. The molecule has 0 saturated carbocycles. The van der Waals surface area contributed by atoms with Gasteiger partial charge in [0.2, 0.25) is 11.7 Å². The first-order chi connectivity index (χ1) is 23.3. The molecule has 1 N–H and O–H groups in total. The number of nitrogens with one attached hydrogen (secondary N) is 1. The molecule has 1 aromatic heterocycles. The summed E-state index contributed by atoms with van der Waals surface area (Å²) >= 11 is 0. The molecule has 0 spiro atoms. The molecule has 2 heterocycles. The van der Waals surface area contributed by atoms with Gasteiger partial charge in [-0.25, -0.2) is 9.37 Å². The van der Waals surface area contributed by atoms with Crippen molar-refractivity contribution in [3.05, 3.63) is 77.6 Å². The summed E-state index contributed by atoms with van der Waals surface area (Å²) in [5.41, 5.74) is 3.53. The Morgan fingerprint density at radius 2 is 1.69 bits per heavy atom. The fourth-order valence-electron chi connectivity index (χ4n) is 6.47. The van der Waals surface area contributed by atoms with Gasteiger partial charge < -0.3 is 38.6 Å². The number of hydrogen-bond acceptors (Lipinski definition) is 8. The summed E-state index contributed by atoms with van der Waals surface area (Å²) in [6.07, 6.45) is 2.81. The fourth-order valence-corrected chi connectivity index (χ4v) is 6.47. The number of rotatable bonds is 16. The van der Waals surface area contributed by atoms with Gasteiger partial charge in [0.25, 0.3) is 5.91 Å². The van der Waals surface area contributed by atoms with E-state index in [1.165, 1.54) is 33.5 Å². The number of anilines is 1. The SMILES string of the molecule is CCOCCn1c(NC2CCN(CCC(CN(C)C(=O)c3cc(OC)c(OC)c(OC)c3)c3ccc(F)cc3)CC2)nc2ccccc21. The van der Waals surface area contributed by atoms with E-state index in [2.05, 4.69) is 20.9 Å². The number of fused-ring (bicyclic) bond motifs is 1. The van der Waals surface area contributed by atoms with E-state index in [4.69, 9.17) is 23.9 Å². The van der Waals surface area contributed by atoms with Crippen molar-refractivity contribution in [2.45, 2.75) is 44.7 Å². The van der Waals surface area contributed by atoms with Gasteiger partial charge in [-0.3, -0.25) is 4.79 Å². The van der Waals surface area contributed by atoms with E-state index in [0.29, 0.717) is 48.6 Å². The maximum Gasteiger partial charge on any atom is 0.253 e. The van der Waals surface area contributed by atoms with E-state index >= 15 is 0 Å². The van der Waals surface area contributed by atoms with Gasteiger partial charge in [0.15, 0.2) is 11.5 Å². The van der Waals surface area contributed by atoms with Crippen molar-refractivity contribution in [2.75, 3.05) is 73.1 Å². The molecule has 258 valence electrons. The molecular formula is C37H48FN5O5. The van der Waals surface area contributed by atoms with Crippen molar-refractivity contribution in [3.63, 3.8) is 0 Å². The van der Waals surface area contributed by atoms with Gasteiger partial charge in [-0.2, -0.15) is 0 Å². The van der Waals surface area contributed by atoms with E-state index in [1.807, 2.05) is 37.3 Å². The molecule has 1 aliphatic rings. The topological polar surface area (TPSA) is 90.3 Å². The predicted molar refractivity (Wildman–Crippen MR) is 186 cm³/mol. The number of para-hydroxylation sites is 2. The molecule has 1 atom stereocenters. The highest BCUT2D eigenvalue weighted by molar-refractivity contribution is 5.95. The molecule has 0 aliphatic carbocycles. The number of likely N-dealkylation sites (tertiary alicyclic amines) is 1. The maximum absolute atomic E-state index is 13.9. The first-order valence-corrected chi connectivity index (χ1v) is 16.7. The number of amides is 1. The van der Waals surface area contributed by atoms with Gasteiger partial charge in [0.05, 0.1) is 39.0 Å². The van der Waals surface area contributed by atoms with Crippen LogP contribution < -0.4 is 19.5 Å². The van der Waals surface area contributed by atoms with Crippen LogP contribution in [0.25, 0.3) is 11.0 Å². The minimum atomic E-state index is -0.277. The van der Waals surface area contributed by atoms with Crippen LogP contribution in [0, 0.1) is 5.82 Å². The van der Waals surface area contributed by atoms with Crippen molar-refractivity contribution in [3.8, 4) is 17.2 Å². The van der Waals surface area contributed by atoms with Crippen LogP contribution in [-0.2, 0) is 11.3 Å². The molecule has 11 heteroatoms. The number of piperidine rings is 1. The van der Waals surface area contributed by atoms with E-state index in [0.717, 1.165) is 68.0 Å². The molecule has 1 aliphatic heterocycles. The summed E-state index contributed by atoms with van der Waals surface area (Å²) in [6, 6.07) is 18.5. The van der Waals surface area contributed by atoms with E-state index in [1.54, 1.807) is 24.1 Å². The monoisotopic (exact) mass is 661 g/mol. The Labute approximate surface area is 282 Å². The Balaban J connectivity index is 1.22. The molecule has 4 aromatic rings. The minimum absolute atomic E-state index is 0.0164. The Bertz CT molecular complexity index is 1610. The summed E-state index contributed by atoms with van der Waals surface area (Å²) in [5, 5.41) is 3.72. The van der Waals surface area contributed by atoms with Gasteiger partial charge in [-0.1, -0.05) is 24.3 Å². The normalized spacial score (nSPS) is 14.5. The molecule has 5 rings (SSSR count). The van der Waals surface area contributed by atoms with Crippen molar-refractivity contribution in [2.24, 2.45) is 0 Å². The van der Waals surface area contributed by atoms with Crippen LogP contribution in [0.5, 0.6) is 17.2 Å². The smallest absolute Gasteiger partial charge is 0.253 e. The van der Waals surface area contributed by atoms with E-state index < -0.39 is 0 Å². The van der Waals surface area contributed by atoms with Crippen molar-refractivity contribution < 1.29 is 28.1 Å². The summed E-state index contributed by atoms with van der Waals surface area (Å²) in [5.74, 6) is 1.74. The van der Waals surface area contributed by atoms with Crippen LogP contribution in [0.3, 0.4) is 0 Å². The number of likely N-dealkylation sites (N-methyl/N-ethyl adjacent to an activating group) is 1. The number of aromatic nitrogens is 2. The van der Waals surface area contributed by atoms with E-state index in [9.17, 15) is 9.18 Å². The van der Waals surface area contributed by atoms with Gasteiger partial charge in [0.1, 0.15) is 5.82 Å². The summed E-state index contributed by atoms with van der Waals surface area (Å²) in [7, 11) is 6.38. The number of halogens is 1. The molecule has 1 saturated heterocycles. The molecule has 1 amide bonds. The molecule has 10 nitrogen and oxygen atoms in total. The second-order valence-electron chi connectivity index (χ2n) is 12.2. The van der Waals surface area contributed by atoms with Gasteiger partial charge in [0, 0.05) is 57.4 Å². The third kappa shape index (κ3) is 8.38. The zero-order chi connectivity index (χ0) is 34.0. The highest BCUT2D eigenvalue weighted by Gasteiger charge is 2.25. The lowest BCUT2D eigenvalue weighted by Crippen LogP contribution is -2.40. The second-order valence-corrected chi connectivity index (χ2v) is 12.2. The van der Waals surface area contributed by atoms with Crippen LogP contribution >= 0.6 is 0 Å². The number of imidazole rings is 1. The molecule has 1 fully saturated rings. The van der Waals surface area contributed by atoms with Gasteiger partial charge in [-0.05, 0) is 74.7 Å². The Morgan fingerprint density at radius 1 is 1.00 bits per heavy atom. The third-order valence-electron chi connectivity index (χ3n) is 9.13. The largest absolute Gasteiger partial charge is 0.493 e. The quantitative estimate of drug-likeness (QED) is 0.145. The third-order valence-corrected chi connectivity index (χ3v) is 9.13. The number of methoxy groups -OCH3 is 3. The fraction of sp³-hybridized carbons (Fsp3) is 0.459. The van der Waals surface area contributed by atoms with Crippen LogP contribution in [0.4, 0.5) is 10.3 Å². The van der Waals surface area contributed by atoms with Crippen molar-refractivity contribution in [1.82, 2.24) is 19.4 Å². The molecule has 3 aromatic carbocycles. The first-order valence-electron chi connectivity index (χ1n) is 16.7. The average molecular weight is 662 g/mol. The maximum atomic E-state index is 13.9. The van der Waals surface area contributed by atoms with Crippen LogP contribution in [0.2, 0.25) is 0 Å². The lowest BCUT2D eigenvalue weighted by Gasteiger charge is -2.34. The summed E-state index contributed by atoms with van der Waals surface area (Å²) in [6.45, 7) is 7.33. The highest BCUT2D eigenvalue weighted by Crippen LogP contribution is 2.38. The standard InChI is InChI=1S/C37H48FN5O5/c1-6-48-22-21-43-32-10-8-7-9-31(32)40-37(43)39-30-16-19-42(20-17-30)18-15-27(26-11-13-29(38)14-12-26)25-41(2)36(44)28-23-33(45-3)35(47-5)34(24-28)46-4/h7-14,23-24,27,30H,6,15-22,25H2,1-5H3,(H,39,40). The Morgan fingerprint density at radius 3 is 2.33 bits per heavy atom. The van der Waals surface area contributed by atoms with Crippen LogP contribution in [-0.4, -0.2) is 99.1 Å². The summed E-state index contributed by atoms with van der Waals surface area (Å²) < 4.78 is 38.1. The average Bonchev–Trinajstić information content (AvgIpc) is 3.46. The number of hydrogen-bond donors (Lipinski definition) is 1. The Kier molecular flexibility index (Phi) is 12.1. The van der Waals surface area contributed by atoms with E-state index in [-0.39, 0.29) is 17.6 Å². The molecule has 0 bridgehead atoms.